The van der Waals surface area contributed by atoms with E-state index in [0.717, 1.165) is 11.6 Å². The van der Waals surface area contributed by atoms with E-state index in [2.05, 4.69) is 25.5 Å². The fourth-order valence-corrected chi connectivity index (χ4v) is 4.30. The van der Waals surface area contributed by atoms with Gasteiger partial charge in [-0.2, -0.15) is 5.10 Å². The number of benzene rings is 2. The van der Waals surface area contributed by atoms with Gasteiger partial charge in [0.25, 0.3) is 5.13 Å². The molecule has 0 aliphatic rings. The molecule has 4 rings (SSSR count). The van der Waals surface area contributed by atoms with Gasteiger partial charge in [0, 0.05) is 11.0 Å². The summed E-state index contributed by atoms with van der Waals surface area (Å²) in [6, 6.07) is 10.3. The van der Waals surface area contributed by atoms with E-state index in [1.165, 1.54) is 28.2 Å². The molecule has 0 spiro atoms. The number of carboxylic acid groups (broad SMARTS) is 2. The highest BCUT2D eigenvalue weighted by atomic mass is 32.1. The van der Waals surface area contributed by atoms with E-state index < -0.39 is 23.3 Å². The van der Waals surface area contributed by atoms with Crippen LogP contribution in [0.1, 0.15) is 64.5 Å². The van der Waals surface area contributed by atoms with Crippen LogP contribution in [0.15, 0.2) is 52.7 Å². The fourth-order valence-electron chi connectivity index (χ4n) is 3.63. The van der Waals surface area contributed by atoms with Crippen molar-refractivity contribution in [2.24, 2.45) is 10.2 Å². The number of carbonyl (C=O) groups is 3. The van der Waals surface area contributed by atoms with Crippen LogP contribution in [-0.4, -0.2) is 54.7 Å². The molecule has 0 saturated carbocycles. The summed E-state index contributed by atoms with van der Waals surface area (Å²) in [5, 5.41) is 40.9. The number of azo groups is 1. The Morgan fingerprint density at radius 1 is 0.975 bits per heavy atom. The Morgan fingerprint density at radius 2 is 1.60 bits per heavy atom. The Labute approximate surface area is 232 Å². The van der Waals surface area contributed by atoms with Crippen LogP contribution in [0.2, 0.25) is 0 Å². The van der Waals surface area contributed by atoms with Crippen LogP contribution in [0.3, 0.4) is 0 Å². The topological polar surface area (TPSA) is 195 Å². The molecule has 0 aliphatic heterocycles. The van der Waals surface area contributed by atoms with Gasteiger partial charge in [0.2, 0.25) is 0 Å². The minimum absolute atomic E-state index is 0.0341. The van der Waals surface area contributed by atoms with Crippen molar-refractivity contribution in [3.05, 3.63) is 64.8 Å². The van der Waals surface area contributed by atoms with Crippen LogP contribution in [-0.2, 0) is 10.2 Å². The SMILES string of the molecule is CCOC(=O)c1ccc(-c2nnc(N=Nc3c(C(C)(C)C)nn(-c4cc(C(=O)O)cc(C(=O)O)c4)c3N)s2)cc1. The first-order valence-corrected chi connectivity index (χ1v) is 12.7. The Kier molecular flexibility index (Phi) is 7.72. The lowest BCUT2D eigenvalue weighted by molar-refractivity contribution is 0.0525. The molecule has 0 saturated heterocycles. The third-order valence-electron chi connectivity index (χ3n) is 5.55. The number of carbonyl (C=O) groups excluding carboxylic acids is 1. The molecule has 2 heterocycles. The molecular weight excluding hydrogens is 538 g/mol. The number of hydrogen-bond donors (Lipinski definition) is 3. The number of aromatic carboxylic acids is 2. The summed E-state index contributed by atoms with van der Waals surface area (Å²) in [5.74, 6) is -2.98. The summed E-state index contributed by atoms with van der Waals surface area (Å²) in [6.45, 7) is 7.68. The van der Waals surface area contributed by atoms with E-state index in [9.17, 15) is 24.6 Å². The van der Waals surface area contributed by atoms with Gasteiger partial charge in [-0.1, -0.05) is 44.2 Å². The number of hydrogen-bond acceptors (Lipinski definition) is 11. The molecular formula is C26H25N7O6S. The maximum absolute atomic E-state index is 11.9. The monoisotopic (exact) mass is 563 g/mol. The first-order valence-electron chi connectivity index (χ1n) is 11.9. The normalized spacial score (nSPS) is 11.6. The van der Waals surface area contributed by atoms with Crippen molar-refractivity contribution in [2.45, 2.75) is 33.1 Å². The number of anilines is 1. The molecule has 0 bridgehead atoms. The molecule has 0 amide bonds. The average Bonchev–Trinajstić information content (AvgIpc) is 3.51. The molecule has 0 aliphatic carbocycles. The molecule has 0 unspecified atom stereocenters. The highest BCUT2D eigenvalue weighted by Gasteiger charge is 2.27. The second-order valence-electron chi connectivity index (χ2n) is 9.51. The summed E-state index contributed by atoms with van der Waals surface area (Å²) in [5.41, 5.74) is 7.32. The molecule has 13 nitrogen and oxygen atoms in total. The molecule has 4 aromatic rings. The van der Waals surface area contributed by atoms with Crippen LogP contribution in [0.4, 0.5) is 16.6 Å². The van der Waals surface area contributed by atoms with Crippen molar-refractivity contribution in [2.75, 3.05) is 12.3 Å². The van der Waals surface area contributed by atoms with Crippen molar-refractivity contribution in [3.8, 4) is 16.3 Å². The van der Waals surface area contributed by atoms with Gasteiger partial charge in [-0.05, 0) is 37.3 Å². The number of nitrogens with two attached hydrogens (primary N) is 1. The summed E-state index contributed by atoms with van der Waals surface area (Å²) in [6.07, 6.45) is 0. The first-order chi connectivity index (χ1) is 18.9. The van der Waals surface area contributed by atoms with Gasteiger partial charge in [-0.3, -0.25) is 0 Å². The molecule has 2 aromatic heterocycles. The number of nitrogen functional groups attached to an aromatic ring is 1. The van der Waals surface area contributed by atoms with Crippen molar-refractivity contribution >= 4 is 45.9 Å². The molecule has 2 aromatic carbocycles. The van der Waals surface area contributed by atoms with Crippen molar-refractivity contribution in [1.29, 1.82) is 0 Å². The van der Waals surface area contributed by atoms with E-state index in [0.29, 0.717) is 16.3 Å². The van der Waals surface area contributed by atoms with Crippen LogP contribution >= 0.6 is 11.3 Å². The molecule has 4 N–H and O–H groups in total. The second-order valence-corrected chi connectivity index (χ2v) is 10.5. The van der Waals surface area contributed by atoms with Gasteiger partial charge >= 0.3 is 17.9 Å². The lowest BCUT2D eigenvalue weighted by atomic mass is 9.91. The molecule has 14 heteroatoms. The average molecular weight is 564 g/mol. The van der Waals surface area contributed by atoms with Crippen molar-refractivity contribution in [3.63, 3.8) is 0 Å². The second kappa shape index (κ2) is 11.0. The Balaban J connectivity index is 1.69. The fraction of sp³-hybridized carbons (Fsp3) is 0.231. The zero-order valence-corrected chi connectivity index (χ0v) is 22.8. The van der Waals surface area contributed by atoms with E-state index in [-0.39, 0.29) is 40.1 Å². The first kappa shape index (κ1) is 28.0. The van der Waals surface area contributed by atoms with Crippen molar-refractivity contribution < 1.29 is 29.3 Å². The van der Waals surface area contributed by atoms with Crippen LogP contribution < -0.4 is 5.73 Å². The molecule has 0 atom stereocenters. The number of esters is 1. The van der Waals surface area contributed by atoms with E-state index in [1.807, 2.05) is 20.8 Å². The molecule has 0 fully saturated rings. The smallest absolute Gasteiger partial charge is 0.338 e. The summed E-state index contributed by atoms with van der Waals surface area (Å²) < 4.78 is 6.24. The third-order valence-corrected chi connectivity index (χ3v) is 6.41. The summed E-state index contributed by atoms with van der Waals surface area (Å²) >= 11 is 1.17. The van der Waals surface area contributed by atoms with E-state index >= 15 is 0 Å². The Bertz CT molecular complexity index is 1600. The number of ether oxygens (including phenoxy) is 1. The number of aromatic nitrogens is 4. The predicted molar refractivity (Wildman–Crippen MR) is 146 cm³/mol. The third kappa shape index (κ3) is 5.86. The zero-order valence-electron chi connectivity index (χ0n) is 21.9. The van der Waals surface area contributed by atoms with Crippen LogP contribution in [0, 0.1) is 0 Å². The van der Waals surface area contributed by atoms with Gasteiger partial charge in [-0.15, -0.1) is 20.4 Å². The van der Waals surface area contributed by atoms with E-state index in [1.54, 1.807) is 31.2 Å². The number of nitrogens with zero attached hydrogens (tertiary/aromatic N) is 6. The summed E-state index contributed by atoms with van der Waals surface area (Å²) in [7, 11) is 0. The lowest BCUT2D eigenvalue weighted by Gasteiger charge is -2.15. The van der Waals surface area contributed by atoms with Gasteiger partial charge < -0.3 is 20.7 Å². The van der Waals surface area contributed by atoms with Crippen molar-refractivity contribution in [1.82, 2.24) is 20.0 Å². The highest BCUT2D eigenvalue weighted by molar-refractivity contribution is 7.18. The van der Waals surface area contributed by atoms with Crippen LogP contribution in [0.5, 0.6) is 0 Å². The standard InChI is InChI=1S/C26H25N7O6S/c1-5-39-24(38)14-8-6-13(7-9-14)21-29-31-25(40-21)30-28-18-19(26(2,3)4)32-33(20(18)27)17-11-15(22(34)35)10-16(12-17)23(36)37/h6-12H,5,27H2,1-4H3,(H,34,35)(H,36,37). The molecule has 206 valence electrons. The largest absolute Gasteiger partial charge is 0.478 e. The Hall–Kier alpha value is -4.98. The summed E-state index contributed by atoms with van der Waals surface area (Å²) in [4.78, 5) is 35.1. The number of rotatable bonds is 8. The van der Waals surface area contributed by atoms with Gasteiger partial charge in [0.1, 0.15) is 5.01 Å². The van der Waals surface area contributed by atoms with Gasteiger partial charge in [0.05, 0.1) is 34.7 Å². The predicted octanol–water partition coefficient (Wildman–Crippen LogP) is 5.26. The molecule has 40 heavy (non-hydrogen) atoms. The zero-order chi connectivity index (χ0) is 29.2. The minimum atomic E-state index is -1.30. The van der Waals surface area contributed by atoms with Gasteiger partial charge in [0.15, 0.2) is 11.5 Å². The number of carboxylic acids is 2. The maximum atomic E-state index is 11.9. The Morgan fingerprint density at radius 3 is 2.15 bits per heavy atom. The highest BCUT2D eigenvalue weighted by Crippen LogP contribution is 2.38. The van der Waals surface area contributed by atoms with Gasteiger partial charge in [-0.25, -0.2) is 19.1 Å². The lowest BCUT2D eigenvalue weighted by Crippen LogP contribution is -2.13. The quantitative estimate of drug-likeness (QED) is 0.188. The minimum Gasteiger partial charge on any atom is -0.478 e. The maximum Gasteiger partial charge on any atom is 0.338 e. The van der Waals surface area contributed by atoms with Crippen LogP contribution in [0.25, 0.3) is 16.3 Å². The van der Waals surface area contributed by atoms with E-state index in [4.69, 9.17) is 10.5 Å². The molecule has 0 radical (unpaired) electrons.